The van der Waals surface area contributed by atoms with Crippen LogP contribution in [0.2, 0.25) is 0 Å². The van der Waals surface area contributed by atoms with Crippen molar-refractivity contribution < 1.29 is 16.9 Å². The lowest BCUT2D eigenvalue weighted by Gasteiger charge is -2.18. The maximum Gasteiger partial charge on any atom is 0.165 e. The Hall–Kier alpha value is 0.460. The molecule has 1 unspecified atom stereocenters. The summed E-state index contributed by atoms with van der Waals surface area (Å²) in [6, 6.07) is 2.08. The number of nitrogens with zero attached hydrogens (tertiary/aromatic N) is 2. The quantitative estimate of drug-likeness (QED) is 0.268. The molecule has 0 fully saturated rings. The molecule has 0 heterocycles. The molecule has 0 aromatic heterocycles. The lowest BCUT2D eigenvalue weighted by Crippen LogP contribution is -3.00. The minimum absolute atomic E-state index is 0. The van der Waals surface area contributed by atoms with Gasteiger partial charge in [-0.25, -0.2) is 0 Å². The summed E-state index contributed by atoms with van der Waals surface area (Å²) in [4.78, 5) is 0. The van der Waals surface area contributed by atoms with Crippen LogP contribution in [0.1, 0.15) is 0 Å². The molecule has 0 saturated carbocycles. The Balaban J connectivity index is -0.0000000600. The highest BCUT2D eigenvalue weighted by Gasteiger charge is 2.01. The van der Waals surface area contributed by atoms with E-state index < -0.39 is 0 Å². The molecule has 0 bridgehead atoms. The van der Waals surface area contributed by atoms with Crippen LogP contribution in [0.15, 0.2) is 0 Å². The molecular formula is C5H15Cl2N2P. The highest BCUT2D eigenvalue weighted by Crippen LogP contribution is 1.84. The van der Waals surface area contributed by atoms with Gasteiger partial charge < -0.3 is 16.9 Å². The predicted molar refractivity (Wildman–Crippen MR) is 46.9 cm³/mol. The minimum Gasteiger partial charge on any atom is -1.00 e. The van der Waals surface area contributed by atoms with Crippen molar-refractivity contribution in [1.29, 1.82) is 5.26 Å². The van der Waals surface area contributed by atoms with E-state index in [1.807, 2.05) is 21.1 Å². The Kier molecular flexibility index (Phi) is 21.2. The van der Waals surface area contributed by atoms with Crippen LogP contribution in [0.4, 0.5) is 0 Å². The Morgan fingerprint density at radius 1 is 1.30 bits per heavy atom. The van der Waals surface area contributed by atoms with Gasteiger partial charge in [-0.3, -0.25) is 0 Å². The van der Waals surface area contributed by atoms with Crippen LogP contribution < -0.4 is 12.4 Å². The van der Waals surface area contributed by atoms with Crippen LogP contribution in [0.25, 0.3) is 0 Å². The molecule has 0 aliphatic carbocycles. The third-order valence-electron chi connectivity index (χ3n) is 0.545. The molecule has 10 heavy (non-hydrogen) atoms. The maximum atomic E-state index is 8.14. The van der Waals surface area contributed by atoms with Crippen LogP contribution in [-0.2, 0) is 0 Å². The molecular weight excluding hydrogens is 190 g/mol. The van der Waals surface area contributed by atoms with Gasteiger partial charge in [0.15, 0.2) is 6.54 Å². The van der Waals surface area contributed by atoms with E-state index in [0.717, 1.165) is 4.48 Å². The molecule has 0 aliphatic heterocycles. The molecule has 0 N–H and O–H groups in total. The van der Waals surface area contributed by atoms with Gasteiger partial charge in [-0.2, -0.15) is 15.2 Å². The summed E-state index contributed by atoms with van der Waals surface area (Å²) in [6.07, 6.45) is 0. The summed E-state index contributed by atoms with van der Waals surface area (Å²) in [6.45, 7) is 0.583. The molecule has 0 spiro atoms. The lowest BCUT2D eigenvalue weighted by atomic mass is 10.6. The second-order valence-electron chi connectivity index (χ2n) is 2.61. The maximum absolute atomic E-state index is 8.14. The lowest BCUT2D eigenvalue weighted by molar-refractivity contribution is -0.863. The highest BCUT2D eigenvalue weighted by molar-refractivity contribution is 6.92. The van der Waals surface area contributed by atoms with Gasteiger partial charge in [-0.15, -0.1) is 12.4 Å². The van der Waals surface area contributed by atoms with Crippen LogP contribution in [0, 0.1) is 11.3 Å². The molecule has 0 amide bonds. The summed E-state index contributed by atoms with van der Waals surface area (Å²) in [5, 5.41) is 8.14. The summed E-state index contributed by atoms with van der Waals surface area (Å²) in [5.41, 5.74) is 0. The third-order valence-corrected chi connectivity index (χ3v) is 0.545. The predicted octanol–water partition coefficient (Wildman–Crippen LogP) is -2.30. The van der Waals surface area contributed by atoms with Crippen LogP contribution >= 0.6 is 22.3 Å². The zero-order valence-corrected chi connectivity index (χ0v) is 9.58. The van der Waals surface area contributed by atoms with E-state index in [-0.39, 0.29) is 34.7 Å². The van der Waals surface area contributed by atoms with Gasteiger partial charge in [0, 0.05) is 0 Å². The van der Waals surface area contributed by atoms with Crippen molar-refractivity contribution in [2.45, 2.75) is 0 Å². The van der Waals surface area contributed by atoms with Crippen molar-refractivity contribution >= 4 is 22.3 Å². The van der Waals surface area contributed by atoms with Crippen molar-refractivity contribution in [3.63, 3.8) is 0 Å². The SMILES string of the molecule is C[N+](C)(C)CC#N.Cl.P.[Cl-]. The fourth-order valence-corrected chi connectivity index (χ4v) is 0.212. The molecule has 1 atom stereocenters. The van der Waals surface area contributed by atoms with Gasteiger partial charge in [-0.1, -0.05) is 0 Å². The van der Waals surface area contributed by atoms with Crippen LogP contribution in [-0.4, -0.2) is 32.2 Å². The average Bonchev–Trinajstić information content (AvgIpc) is 1.30. The molecule has 0 saturated heterocycles. The summed E-state index contributed by atoms with van der Waals surface area (Å²) in [5.74, 6) is 0. The monoisotopic (exact) mass is 204 g/mol. The molecule has 0 aromatic rings. The van der Waals surface area contributed by atoms with E-state index in [1.165, 1.54) is 0 Å². The zero-order chi connectivity index (χ0) is 5.91. The summed E-state index contributed by atoms with van der Waals surface area (Å²) < 4.78 is 0.733. The largest absolute Gasteiger partial charge is 1.00 e. The number of nitriles is 1. The minimum atomic E-state index is 0. The number of hydrogen-bond acceptors (Lipinski definition) is 1. The topological polar surface area (TPSA) is 23.8 Å². The molecule has 0 aromatic carbocycles. The van der Waals surface area contributed by atoms with Gasteiger partial charge in [0.05, 0.1) is 21.1 Å². The summed E-state index contributed by atoms with van der Waals surface area (Å²) in [7, 11) is 5.97. The van der Waals surface area contributed by atoms with E-state index in [2.05, 4.69) is 6.07 Å². The average molecular weight is 205 g/mol. The first-order valence-corrected chi connectivity index (χ1v) is 2.24. The van der Waals surface area contributed by atoms with E-state index >= 15 is 0 Å². The fraction of sp³-hybridized carbons (Fsp3) is 0.800. The van der Waals surface area contributed by atoms with Crippen molar-refractivity contribution in [2.75, 3.05) is 27.7 Å². The van der Waals surface area contributed by atoms with E-state index in [4.69, 9.17) is 5.26 Å². The Morgan fingerprint density at radius 2 is 1.60 bits per heavy atom. The Bertz CT molecular complexity index is 94.8. The van der Waals surface area contributed by atoms with Gasteiger partial charge in [0.2, 0.25) is 0 Å². The third kappa shape index (κ3) is 23.7. The first kappa shape index (κ1) is 22.4. The normalized spacial score (nSPS) is 7.40. The van der Waals surface area contributed by atoms with E-state index in [0.29, 0.717) is 6.54 Å². The van der Waals surface area contributed by atoms with E-state index in [1.54, 1.807) is 0 Å². The highest BCUT2D eigenvalue weighted by atomic mass is 35.5. The second-order valence-corrected chi connectivity index (χ2v) is 2.61. The van der Waals surface area contributed by atoms with Crippen molar-refractivity contribution in [3.05, 3.63) is 0 Å². The van der Waals surface area contributed by atoms with Gasteiger partial charge in [-0.05, 0) is 0 Å². The first-order valence-electron chi connectivity index (χ1n) is 2.24. The fourth-order valence-electron chi connectivity index (χ4n) is 0.212. The van der Waals surface area contributed by atoms with Crippen LogP contribution in [0.3, 0.4) is 0 Å². The number of halogens is 2. The first-order chi connectivity index (χ1) is 3.06. The molecule has 0 rings (SSSR count). The molecule has 0 radical (unpaired) electrons. The number of rotatable bonds is 1. The molecule has 0 aliphatic rings. The Morgan fingerprint density at radius 3 is 1.60 bits per heavy atom. The number of quaternary nitrogens is 1. The van der Waals surface area contributed by atoms with Crippen LogP contribution in [0.5, 0.6) is 0 Å². The molecule has 5 heteroatoms. The summed E-state index contributed by atoms with van der Waals surface area (Å²) >= 11 is 0. The van der Waals surface area contributed by atoms with Crippen molar-refractivity contribution in [1.82, 2.24) is 0 Å². The second kappa shape index (κ2) is 9.46. The molecule has 2 nitrogen and oxygen atoms in total. The van der Waals surface area contributed by atoms with Crippen molar-refractivity contribution in [2.24, 2.45) is 0 Å². The van der Waals surface area contributed by atoms with Crippen molar-refractivity contribution in [3.8, 4) is 6.07 Å². The molecule has 64 valence electrons. The Labute approximate surface area is 78.6 Å². The smallest absolute Gasteiger partial charge is 0.165 e. The van der Waals surface area contributed by atoms with Gasteiger partial charge in [0.25, 0.3) is 0 Å². The number of hydrogen-bond donors (Lipinski definition) is 0. The van der Waals surface area contributed by atoms with E-state index in [9.17, 15) is 0 Å². The van der Waals surface area contributed by atoms with Gasteiger partial charge >= 0.3 is 0 Å². The zero-order valence-electron chi connectivity index (χ0n) is 6.59. The standard InChI is InChI=1S/C5H11N2.2ClH.H3P/c1-7(2,3)5-4-6;;;/h5H2,1-3H3;2*1H;1H3/q+1;;;/p-1. The van der Waals surface area contributed by atoms with Gasteiger partial charge in [0.1, 0.15) is 6.07 Å².